The lowest BCUT2D eigenvalue weighted by molar-refractivity contribution is 0.252. The fourth-order valence-electron chi connectivity index (χ4n) is 1.54. The van der Waals surface area contributed by atoms with Gasteiger partial charge in [-0.3, -0.25) is 0 Å². The van der Waals surface area contributed by atoms with Gasteiger partial charge in [0.25, 0.3) is 0 Å². The number of carbonyl (C=O) groups excluding carboxylic acids is 1. The Morgan fingerprint density at radius 3 is 2.74 bits per heavy atom. The van der Waals surface area contributed by atoms with Gasteiger partial charge in [-0.2, -0.15) is 0 Å². The quantitative estimate of drug-likeness (QED) is 0.904. The molecule has 0 radical (unpaired) electrons. The van der Waals surface area contributed by atoms with Crippen LogP contribution in [0.2, 0.25) is 5.02 Å². The third-order valence-corrected chi connectivity index (χ3v) is 2.69. The Kier molecular flexibility index (Phi) is 4.41. The van der Waals surface area contributed by atoms with E-state index in [1.807, 2.05) is 0 Å². The summed E-state index contributed by atoms with van der Waals surface area (Å²) in [5.74, 6) is 0.626. The summed E-state index contributed by atoms with van der Waals surface area (Å²) in [6.07, 6.45) is 2.22. The third-order valence-electron chi connectivity index (χ3n) is 2.44. The van der Waals surface area contributed by atoms with Crippen LogP contribution in [0.5, 0.6) is 0 Å². The first kappa shape index (κ1) is 13.4. The normalized spacial score (nSPS) is 10.2. The summed E-state index contributed by atoms with van der Waals surface area (Å²) >= 11 is 5.76. The molecule has 1 heterocycles. The summed E-state index contributed by atoms with van der Waals surface area (Å²) in [5.41, 5.74) is 1.52. The van der Waals surface area contributed by atoms with Crippen LogP contribution in [0.25, 0.3) is 0 Å². The lowest BCUT2D eigenvalue weighted by Gasteiger charge is -2.06. The first-order chi connectivity index (χ1) is 9.13. The molecule has 0 aliphatic carbocycles. The first-order valence-electron chi connectivity index (χ1n) is 5.85. The largest absolute Gasteiger partial charge is 0.449 e. The highest BCUT2D eigenvalue weighted by atomic mass is 35.5. The molecular weight excluding hydrogens is 266 g/mol. The highest BCUT2D eigenvalue weighted by Gasteiger charge is 2.03. The molecule has 0 saturated heterocycles. The van der Waals surface area contributed by atoms with E-state index >= 15 is 0 Å². The van der Waals surface area contributed by atoms with Crippen LogP contribution in [0.1, 0.15) is 11.6 Å². The fraction of sp³-hybridized carbons (Fsp3) is 0.231. The van der Waals surface area contributed by atoms with Gasteiger partial charge >= 0.3 is 6.03 Å². The maximum atomic E-state index is 11.6. The first-order valence-corrected chi connectivity index (χ1v) is 6.23. The average Bonchev–Trinajstić information content (AvgIpc) is 2.78. The molecule has 2 amide bonds. The lowest BCUT2D eigenvalue weighted by atomic mass is 10.3. The van der Waals surface area contributed by atoms with Crippen LogP contribution in [-0.2, 0) is 6.42 Å². The second kappa shape index (κ2) is 6.24. The van der Waals surface area contributed by atoms with Crippen LogP contribution >= 0.6 is 11.6 Å². The molecule has 0 bridgehead atoms. The highest BCUT2D eigenvalue weighted by Crippen LogP contribution is 2.13. The molecule has 0 unspecified atom stereocenters. The van der Waals surface area contributed by atoms with E-state index in [-0.39, 0.29) is 6.03 Å². The number of amides is 2. The van der Waals surface area contributed by atoms with E-state index in [2.05, 4.69) is 15.6 Å². The van der Waals surface area contributed by atoms with E-state index in [4.69, 9.17) is 16.0 Å². The van der Waals surface area contributed by atoms with E-state index in [0.717, 1.165) is 5.69 Å². The predicted octanol–water partition coefficient (Wildman–Crippen LogP) is 3.00. The minimum Gasteiger partial charge on any atom is -0.449 e. The van der Waals surface area contributed by atoms with Crippen LogP contribution in [0.3, 0.4) is 0 Å². The molecule has 0 spiro atoms. The lowest BCUT2D eigenvalue weighted by Crippen LogP contribution is -2.30. The Hall–Kier alpha value is -2.01. The molecule has 0 fully saturated rings. The zero-order chi connectivity index (χ0) is 13.7. The van der Waals surface area contributed by atoms with Crippen LogP contribution in [0, 0.1) is 6.92 Å². The molecule has 2 rings (SSSR count). The van der Waals surface area contributed by atoms with Crippen molar-refractivity contribution in [3.63, 3.8) is 0 Å². The number of hydrogen-bond acceptors (Lipinski definition) is 3. The minimum atomic E-state index is -0.262. The van der Waals surface area contributed by atoms with E-state index in [1.165, 1.54) is 0 Å². The van der Waals surface area contributed by atoms with Crippen molar-refractivity contribution < 1.29 is 9.21 Å². The molecule has 100 valence electrons. The third kappa shape index (κ3) is 4.30. The second-order valence-corrected chi connectivity index (χ2v) is 4.43. The Morgan fingerprint density at radius 2 is 2.11 bits per heavy atom. The molecule has 5 nitrogen and oxygen atoms in total. The molecule has 0 atom stereocenters. The average molecular weight is 280 g/mol. The van der Waals surface area contributed by atoms with Crippen LogP contribution in [0.4, 0.5) is 10.5 Å². The maximum absolute atomic E-state index is 11.6. The topological polar surface area (TPSA) is 67.2 Å². The monoisotopic (exact) mass is 279 g/mol. The smallest absolute Gasteiger partial charge is 0.319 e. The van der Waals surface area contributed by atoms with Gasteiger partial charge in [-0.05, 0) is 24.3 Å². The standard InChI is InChI=1S/C13H14ClN3O2/c1-9-16-12(8-19-9)6-7-15-13(18)17-11-4-2-10(14)3-5-11/h2-5,8H,6-7H2,1H3,(H2,15,17,18). The number of nitrogens with zero attached hydrogens (tertiary/aromatic N) is 1. The number of benzene rings is 1. The van der Waals surface area contributed by atoms with Crippen molar-refractivity contribution in [3.05, 3.63) is 47.1 Å². The van der Waals surface area contributed by atoms with Crippen LogP contribution in [-0.4, -0.2) is 17.6 Å². The van der Waals surface area contributed by atoms with Crippen molar-refractivity contribution in [2.24, 2.45) is 0 Å². The number of aryl methyl sites for hydroxylation is 1. The van der Waals surface area contributed by atoms with Crippen molar-refractivity contribution in [2.75, 3.05) is 11.9 Å². The van der Waals surface area contributed by atoms with Crippen molar-refractivity contribution >= 4 is 23.3 Å². The zero-order valence-corrected chi connectivity index (χ0v) is 11.2. The van der Waals surface area contributed by atoms with Gasteiger partial charge in [-0.1, -0.05) is 11.6 Å². The van der Waals surface area contributed by atoms with E-state index in [0.29, 0.717) is 29.6 Å². The van der Waals surface area contributed by atoms with Gasteiger partial charge in [0.1, 0.15) is 6.26 Å². The summed E-state index contributed by atoms with van der Waals surface area (Å²) in [5, 5.41) is 6.08. The number of oxazole rings is 1. The summed E-state index contributed by atoms with van der Waals surface area (Å²) in [6, 6.07) is 6.65. The Labute approximate surface area is 116 Å². The number of hydrogen-bond donors (Lipinski definition) is 2. The summed E-state index contributed by atoms with van der Waals surface area (Å²) in [6.45, 7) is 2.27. The Morgan fingerprint density at radius 1 is 1.37 bits per heavy atom. The van der Waals surface area contributed by atoms with Gasteiger partial charge in [0.2, 0.25) is 0 Å². The van der Waals surface area contributed by atoms with Gasteiger partial charge in [-0.25, -0.2) is 9.78 Å². The van der Waals surface area contributed by atoms with E-state index in [9.17, 15) is 4.79 Å². The summed E-state index contributed by atoms with van der Waals surface area (Å²) in [4.78, 5) is 15.7. The molecule has 6 heteroatoms. The SMILES string of the molecule is Cc1nc(CCNC(=O)Nc2ccc(Cl)cc2)co1. The molecule has 1 aromatic carbocycles. The van der Waals surface area contributed by atoms with Gasteiger partial charge in [0.05, 0.1) is 5.69 Å². The molecule has 19 heavy (non-hydrogen) atoms. The van der Waals surface area contributed by atoms with Gasteiger partial charge in [0.15, 0.2) is 5.89 Å². The van der Waals surface area contributed by atoms with Crippen molar-refractivity contribution in [2.45, 2.75) is 13.3 Å². The van der Waals surface area contributed by atoms with Gasteiger partial charge in [0, 0.05) is 30.6 Å². The fourth-order valence-corrected chi connectivity index (χ4v) is 1.66. The van der Waals surface area contributed by atoms with E-state index in [1.54, 1.807) is 37.5 Å². The minimum absolute atomic E-state index is 0.262. The van der Waals surface area contributed by atoms with Gasteiger partial charge in [-0.15, -0.1) is 0 Å². The molecule has 1 aromatic heterocycles. The van der Waals surface area contributed by atoms with Crippen molar-refractivity contribution in [1.82, 2.24) is 10.3 Å². The number of halogens is 1. The summed E-state index contributed by atoms with van der Waals surface area (Å²) in [7, 11) is 0. The number of urea groups is 1. The van der Waals surface area contributed by atoms with Gasteiger partial charge < -0.3 is 15.1 Å². The zero-order valence-electron chi connectivity index (χ0n) is 10.4. The molecular formula is C13H14ClN3O2. The van der Waals surface area contributed by atoms with Crippen LogP contribution in [0.15, 0.2) is 34.9 Å². The molecule has 2 aromatic rings. The predicted molar refractivity (Wildman–Crippen MR) is 73.4 cm³/mol. The number of carbonyl (C=O) groups is 1. The highest BCUT2D eigenvalue weighted by molar-refractivity contribution is 6.30. The maximum Gasteiger partial charge on any atom is 0.319 e. The molecule has 2 N–H and O–H groups in total. The summed E-state index contributed by atoms with van der Waals surface area (Å²) < 4.78 is 5.08. The number of aromatic nitrogens is 1. The van der Waals surface area contributed by atoms with Crippen LogP contribution < -0.4 is 10.6 Å². The molecule has 0 aliphatic rings. The number of anilines is 1. The van der Waals surface area contributed by atoms with Crippen molar-refractivity contribution in [3.8, 4) is 0 Å². The van der Waals surface area contributed by atoms with Crippen molar-refractivity contribution in [1.29, 1.82) is 0 Å². The number of nitrogens with one attached hydrogen (secondary N) is 2. The Bertz CT molecular complexity index is 551. The Balaban J connectivity index is 1.74. The number of rotatable bonds is 4. The van der Waals surface area contributed by atoms with E-state index < -0.39 is 0 Å². The molecule has 0 aliphatic heterocycles. The molecule has 0 saturated carbocycles. The second-order valence-electron chi connectivity index (χ2n) is 4.00.